The van der Waals surface area contributed by atoms with E-state index in [4.69, 9.17) is 33.7 Å². The fourth-order valence-corrected chi connectivity index (χ4v) is 3.87. The van der Waals surface area contributed by atoms with Gasteiger partial charge in [0.1, 0.15) is 5.75 Å². The number of amides is 2. The maximum absolute atomic E-state index is 12.6. The molecule has 3 aromatic rings. The zero-order chi connectivity index (χ0) is 21.3. The molecule has 0 fully saturated rings. The molecule has 0 unspecified atom stereocenters. The van der Waals surface area contributed by atoms with E-state index in [0.717, 1.165) is 22.3 Å². The Morgan fingerprint density at radius 1 is 0.967 bits per heavy atom. The number of carbonyl (C=O) groups is 2. The number of primary amides is 1. The average Bonchev–Trinajstić information content (AvgIpc) is 2.76. The van der Waals surface area contributed by atoms with Crippen molar-refractivity contribution in [2.75, 3.05) is 6.54 Å². The molecular weight excluding hydrogens is 423 g/mol. The smallest absolute Gasteiger partial charge is 0.410 e. The van der Waals surface area contributed by atoms with Gasteiger partial charge in [0, 0.05) is 12.1 Å². The lowest BCUT2D eigenvalue weighted by molar-refractivity contribution is 0.1000. The first kappa shape index (κ1) is 20.3. The van der Waals surface area contributed by atoms with Gasteiger partial charge in [-0.3, -0.25) is 4.79 Å². The molecule has 30 heavy (non-hydrogen) atoms. The van der Waals surface area contributed by atoms with Crippen LogP contribution in [0.15, 0.2) is 60.7 Å². The predicted molar refractivity (Wildman–Crippen MR) is 117 cm³/mol. The normalized spacial score (nSPS) is 12.9. The van der Waals surface area contributed by atoms with Crippen molar-refractivity contribution in [3.63, 3.8) is 0 Å². The second-order valence-corrected chi connectivity index (χ2v) is 7.79. The average molecular weight is 441 g/mol. The Labute approximate surface area is 184 Å². The summed E-state index contributed by atoms with van der Waals surface area (Å²) in [6.45, 7) is 0.896. The zero-order valence-corrected chi connectivity index (χ0v) is 17.4. The molecule has 1 heterocycles. The van der Waals surface area contributed by atoms with E-state index in [1.54, 1.807) is 41.3 Å². The third kappa shape index (κ3) is 4.13. The highest BCUT2D eigenvalue weighted by Gasteiger charge is 2.25. The third-order valence-corrected chi connectivity index (χ3v) is 5.93. The van der Waals surface area contributed by atoms with Gasteiger partial charge in [-0.2, -0.15) is 0 Å². The van der Waals surface area contributed by atoms with Crippen LogP contribution in [0.4, 0.5) is 4.79 Å². The number of hydrogen-bond donors (Lipinski definition) is 1. The van der Waals surface area contributed by atoms with Crippen LogP contribution in [-0.2, 0) is 13.0 Å². The molecule has 2 N–H and O–H groups in total. The minimum atomic E-state index is -0.480. The van der Waals surface area contributed by atoms with E-state index in [2.05, 4.69) is 0 Å². The molecule has 0 aromatic heterocycles. The fraction of sp³-hybridized carbons (Fsp3) is 0.130. The largest absolute Gasteiger partial charge is 0.415 e. The highest BCUT2D eigenvalue weighted by Crippen LogP contribution is 2.32. The van der Waals surface area contributed by atoms with Crippen molar-refractivity contribution in [1.82, 2.24) is 4.90 Å². The summed E-state index contributed by atoms with van der Waals surface area (Å²) < 4.78 is 5.53. The van der Waals surface area contributed by atoms with Crippen LogP contribution in [0.3, 0.4) is 0 Å². The number of nitrogens with zero attached hydrogens (tertiary/aromatic N) is 1. The Bertz CT molecular complexity index is 1130. The van der Waals surface area contributed by atoms with Crippen LogP contribution >= 0.6 is 23.2 Å². The second-order valence-electron chi connectivity index (χ2n) is 7.01. The number of benzene rings is 3. The monoisotopic (exact) mass is 440 g/mol. The van der Waals surface area contributed by atoms with Crippen molar-refractivity contribution in [2.24, 2.45) is 5.73 Å². The molecule has 0 radical (unpaired) electrons. The molecular formula is C23H18Cl2N2O3. The van der Waals surface area contributed by atoms with Crippen LogP contribution < -0.4 is 10.5 Å². The molecule has 5 nitrogen and oxygen atoms in total. The summed E-state index contributed by atoms with van der Waals surface area (Å²) in [6, 6.07) is 17.8. The number of fused-ring (bicyclic) bond motifs is 1. The standard InChI is InChI=1S/C23H18Cl2N2O3/c24-20-9-6-15-10-11-27(13-19(15)21(20)25)23(29)30-18-7-4-14(5-8-18)16-2-1-3-17(12-16)22(26)28/h1-9,12H,10-11,13H2,(H2,26,28). The van der Waals surface area contributed by atoms with Gasteiger partial charge in [-0.1, -0.05) is 53.5 Å². The van der Waals surface area contributed by atoms with Crippen molar-refractivity contribution in [2.45, 2.75) is 13.0 Å². The lowest BCUT2D eigenvalue weighted by Gasteiger charge is -2.29. The van der Waals surface area contributed by atoms with Gasteiger partial charge in [-0.25, -0.2) is 4.79 Å². The van der Waals surface area contributed by atoms with Crippen molar-refractivity contribution in [1.29, 1.82) is 0 Å². The third-order valence-electron chi connectivity index (χ3n) is 5.09. The summed E-state index contributed by atoms with van der Waals surface area (Å²) in [4.78, 5) is 25.6. The van der Waals surface area contributed by atoms with Crippen molar-refractivity contribution < 1.29 is 14.3 Å². The van der Waals surface area contributed by atoms with Crippen LogP contribution in [0.25, 0.3) is 11.1 Å². The summed E-state index contributed by atoms with van der Waals surface area (Å²) in [6.07, 6.45) is 0.247. The molecule has 0 bridgehead atoms. The predicted octanol–water partition coefficient (Wildman–Crippen LogP) is 5.32. The Morgan fingerprint density at radius 2 is 1.73 bits per heavy atom. The number of ether oxygens (including phenoxy) is 1. The molecule has 4 rings (SSSR count). The SMILES string of the molecule is NC(=O)c1cccc(-c2ccc(OC(=O)N3CCc4ccc(Cl)c(Cl)c4C3)cc2)c1. The number of hydrogen-bond acceptors (Lipinski definition) is 3. The number of nitrogens with two attached hydrogens (primary N) is 1. The molecule has 7 heteroatoms. The second kappa shape index (κ2) is 8.38. The van der Waals surface area contributed by atoms with Crippen LogP contribution in [0.5, 0.6) is 5.75 Å². The molecule has 1 aliphatic heterocycles. The zero-order valence-electron chi connectivity index (χ0n) is 15.9. The summed E-state index contributed by atoms with van der Waals surface area (Å²) in [7, 11) is 0. The van der Waals surface area contributed by atoms with Crippen LogP contribution in [0, 0.1) is 0 Å². The topological polar surface area (TPSA) is 72.6 Å². The molecule has 3 aromatic carbocycles. The molecule has 0 saturated heterocycles. The van der Waals surface area contributed by atoms with E-state index in [-0.39, 0.29) is 0 Å². The van der Waals surface area contributed by atoms with Crippen molar-refractivity contribution >= 4 is 35.2 Å². The Morgan fingerprint density at radius 3 is 2.47 bits per heavy atom. The molecule has 1 aliphatic rings. The van der Waals surface area contributed by atoms with Gasteiger partial charge in [0.25, 0.3) is 0 Å². The number of halogens is 2. The first-order chi connectivity index (χ1) is 14.4. The van der Waals surface area contributed by atoms with Gasteiger partial charge in [-0.15, -0.1) is 0 Å². The van der Waals surface area contributed by atoms with E-state index in [1.165, 1.54) is 0 Å². The van der Waals surface area contributed by atoms with E-state index in [9.17, 15) is 9.59 Å². The van der Waals surface area contributed by atoms with Gasteiger partial charge in [0.2, 0.25) is 5.91 Å². The molecule has 2 amide bonds. The van der Waals surface area contributed by atoms with Gasteiger partial charge in [0.05, 0.1) is 16.6 Å². The van der Waals surface area contributed by atoms with Crippen LogP contribution in [-0.4, -0.2) is 23.4 Å². The van der Waals surface area contributed by atoms with Gasteiger partial charge in [-0.05, 0) is 59.0 Å². The first-order valence-electron chi connectivity index (χ1n) is 9.35. The number of carbonyl (C=O) groups excluding carboxylic acids is 2. The Kier molecular flexibility index (Phi) is 5.66. The van der Waals surface area contributed by atoms with Gasteiger partial charge < -0.3 is 15.4 Å². The molecule has 0 saturated carbocycles. The van der Waals surface area contributed by atoms with Crippen molar-refractivity contribution in [3.05, 3.63) is 87.4 Å². The van der Waals surface area contributed by atoms with Crippen LogP contribution in [0.2, 0.25) is 10.0 Å². The highest BCUT2D eigenvalue weighted by atomic mass is 35.5. The maximum Gasteiger partial charge on any atom is 0.415 e. The fourth-order valence-electron chi connectivity index (χ4n) is 3.45. The minimum absolute atomic E-state index is 0.353. The van der Waals surface area contributed by atoms with E-state index in [1.807, 2.05) is 24.3 Å². The lowest BCUT2D eigenvalue weighted by Crippen LogP contribution is -2.38. The lowest BCUT2D eigenvalue weighted by atomic mass is 10.00. The summed E-state index contributed by atoms with van der Waals surface area (Å²) in [5, 5.41) is 0.954. The summed E-state index contributed by atoms with van der Waals surface area (Å²) in [5.74, 6) is -0.0512. The molecule has 152 valence electrons. The van der Waals surface area contributed by atoms with Gasteiger partial charge >= 0.3 is 6.09 Å². The van der Waals surface area contributed by atoms with E-state index < -0.39 is 12.0 Å². The molecule has 0 atom stereocenters. The quantitative estimate of drug-likeness (QED) is 0.598. The molecule has 0 aliphatic carbocycles. The highest BCUT2D eigenvalue weighted by molar-refractivity contribution is 6.42. The van der Waals surface area contributed by atoms with Crippen LogP contribution in [0.1, 0.15) is 21.5 Å². The molecule has 0 spiro atoms. The Hall–Kier alpha value is -3.02. The van der Waals surface area contributed by atoms with E-state index in [0.29, 0.717) is 40.9 Å². The first-order valence-corrected chi connectivity index (χ1v) is 10.1. The summed E-state index contributed by atoms with van der Waals surface area (Å²) >= 11 is 12.4. The maximum atomic E-state index is 12.6. The number of rotatable bonds is 3. The van der Waals surface area contributed by atoms with Gasteiger partial charge in [0.15, 0.2) is 0 Å². The summed E-state index contributed by atoms with van der Waals surface area (Å²) in [5.41, 5.74) is 9.46. The Balaban J connectivity index is 1.46. The minimum Gasteiger partial charge on any atom is -0.410 e. The van der Waals surface area contributed by atoms with Crippen molar-refractivity contribution in [3.8, 4) is 16.9 Å². The van der Waals surface area contributed by atoms with E-state index >= 15 is 0 Å².